The van der Waals surface area contributed by atoms with Crippen LogP contribution in [-0.4, -0.2) is 80.3 Å². The minimum atomic E-state index is -3.47. The van der Waals surface area contributed by atoms with E-state index in [4.69, 9.17) is 9.84 Å². The van der Waals surface area contributed by atoms with Crippen LogP contribution in [0.25, 0.3) is 0 Å². The van der Waals surface area contributed by atoms with Crippen LogP contribution in [0, 0.1) is 0 Å². The van der Waals surface area contributed by atoms with E-state index >= 15 is 0 Å². The lowest BCUT2D eigenvalue weighted by molar-refractivity contribution is -0.158. The van der Waals surface area contributed by atoms with Crippen molar-refractivity contribution >= 4 is 21.9 Å². The molecule has 0 saturated carbocycles. The second-order valence-corrected chi connectivity index (χ2v) is 6.12. The number of rotatable bonds is 4. The highest BCUT2D eigenvalue weighted by Gasteiger charge is 2.33. The maximum Gasteiger partial charge on any atom is 0.328 e. The highest BCUT2D eigenvalue weighted by atomic mass is 32.2. The average Bonchev–Trinajstić information content (AvgIpc) is 2.27. The fourth-order valence-corrected chi connectivity index (χ4v) is 1.85. The molecular formula is C9H16N2O6S. The number of hydrogen-bond acceptors (Lipinski definition) is 5. The first-order valence-electron chi connectivity index (χ1n) is 5.25. The molecule has 9 heteroatoms. The molecule has 0 aromatic heterocycles. The first-order valence-corrected chi connectivity index (χ1v) is 7.09. The van der Waals surface area contributed by atoms with Gasteiger partial charge < -0.3 is 14.7 Å². The van der Waals surface area contributed by atoms with Gasteiger partial charge in [0.05, 0.1) is 26.0 Å². The Morgan fingerprint density at radius 2 is 2.11 bits per heavy atom. The molecule has 1 aliphatic rings. The summed E-state index contributed by atoms with van der Waals surface area (Å²) in [4.78, 5) is 23.9. The first-order chi connectivity index (χ1) is 8.23. The van der Waals surface area contributed by atoms with Crippen LogP contribution in [0.1, 0.15) is 0 Å². The predicted octanol–water partition coefficient (Wildman–Crippen LogP) is -1.81. The zero-order valence-electron chi connectivity index (χ0n) is 10.2. The quantitative estimate of drug-likeness (QED) is 0.651. The molecule has 1 fully saturated rings. The van der Waals surface area contributed by atoms with Gasteiger partial charge in [-0.25, -0.2) is 13.2 Å². The zero-order valence-corrected chi connectivity index (χ0v) is 11.0. The van der Waals surface area contributed by atoms with Crippen LogP contribution in [0.5, 0.6) is 0 Å². The minimum Gasteiger partial charge on any atom is -0.480 e. The Hall–Kier alpha value is -1.19. The van der Waals surface area contributed by atoms with E-state index in [1.54, 1.807) is 0 Å². The van der Waals surface area contributed by atoms with Gasteiger partial charge in [0, 0.05) is 13.6 Å². The Bertz CT molecular complexity index is 434. The van der Waals surface area contributed by atoms with Crippen molar-refractivity contribution < 1.29 is 27.9 Å². The van der Waals surface area contributed by atoms with Crippen molar-refractivity contribution in [1.82, 2.24) is 9.21 Å². The van der Waals surface area contributed by atoms with E-state index < -0.39 is 27.9 Å². The molecule has 1 amide bonds. The van der Waals surface area contributed by atoms with Crippen molar-refractivity contribution in [3.63, 3.8) is 0 Å². The van der Waals surface area contributed by atoms with Crippen molar-refractivity contribution in [3.8, 4) is 0 Å². The van der Waals surface area contributed by atoms with E-state index in [0.29, 0.717) is 0 Å². The van der Waals surface area contributed by atoms with Gasteiger partial charge in [0.15, 0.2) is 6.04 Å². The van der Waals surface area contributed by atoms with Crippen LogP contribution in [0.15, 0.2) is 0 Å². The van der Waals surface area contributed by atoms with Crippen molar-refractivity contribution in [2.45, 2.75) is 6.04 Å². The zero-order chi connectivity index (χ0) is 13.9. The van der Waals surface area contributed by atoms with E-state index in [-0.39, 0.29) is 26.3 Å². The van der Waals surface area contributed by atoms with Crippen molar-refractivity contribution in [3.05, 3.63) is 0 Å². The highest BCUT2D eigenvalue weighted by molar-refractivity contribution is 7.88. The summed E-state index contributed by atoms with van der Waals surface area (Å²) in [5, 5.41) is 8.95. The molecule has 0 aliphatic carbocycles. The summed E-state index contributed by atoms with van der Waals surface area (Å²) in [5.74, 6) is -1.70. The molecule has 1 rings (SSSR count). The van der Waals surface area contributed by atoms with Crippen LogP contribution in [0.2, 0.25) is 0 Å². The number of ether oxygens (including phenoxy) is 1. The number of nitrogens with zero attached hydrogens (tertiary/aromatic N) is 2. The number of likely N-dealkylation sites (N-methyl/N-ethyl adjacent to an activating group) is 1. The number of hydrogen-bond donors (Lipinski definition) is 1. The number of carboxylic acids is 1. The summed E-state index contributed by atoms with van der Waals surface area (Å²) in [5.41, 5.74) is 0. The number of sulfonamides is 1. The van der Waals surface area contributed by atoms with Crippen molar-refractivity contribution in [2.75, 3.05) is 39.6 Å². The Balaban J connectivity index is 2.73. The van der Waals surface area contributed by atoms with Gasteiger partial charge in [-0.3, -0.25) is 4.79 Å². The molecule has 1 heterocycles. The number of carboxylic acid groups (broad SMARTS) is 1. The maximum absolute atomic E-state index is 11.9. The summed E-state index contributed by atoms with van der Waals surface area (Å²) in [6.45, 7) is -0.0578. The van der Waals surface area contributed by atoms with Crippen LogP contribution < -0.4 is 0 Å². The molecule has 1 aliphatic heterocycles. The Kier molecular flexibility index (Phi) is 4.65. The molecule has 1 atom stereocenters. The van der Waals surface area contributed by atoms with Gasteiger partial charge in [-0.15, -0.1) is 0 Å². The third-order valence-electron chi connectivity index (χ3n) is 2.66. The molecule has 1 saturated heterocycles. The average molecular weight is 280 g/mol. The minimum absolute atomic E-state index is 0.0797. The summed E-state index contributed by atoms with van der Waals surface area (Å²) in [6.07, 6.45) is 0.980. The maximum atomic E-state index is 11.9. The molecular weight excluding hydrogens is 264 g/mol. The smallest absolute Gasteiger partial charge is 0.328 e. The lowest BCUT2D eigenvalue weighted by atomic mass is 10.2. The monoisotopic (exact) mass is 280 g/mol. The van der Waals surface area contributed by atoms with Gasteiger partial charge in [-0.2, -0.15) is 4.31 Å². The molecule has 104 valence electrons. The first kappa shape index (κ1) is 14.9. The number of carbonyl (C=O) groups excluding carboxylic acids is 1. The summed E-state index contributed by atoms with van der Waals surface area (Å²) in [7, 11) is -2.20. The Labute approximate surface area is 105 Å². The summed E-state index contributed by atoms with van der Waals surface area (Å²) in [6, 6.07) is -1.06. The van der Waals surface area contributed by atoms with Crippen molar-refractivity contribution in [1.29, 1.82) is 0 Å². The molecule has 0 bridgehead atoms. The number of morpholine rings is 1. The van der Waals surface area contributed by atoms with E-state index in [1.165, 1.54) is 7.05 Å². The number of amides is 1. The van der Waals surface area contributed by atoms with Gasteiger partial charge in [-0.05, 0) is 0 Å². The fourth-order valence-electron chi connectivity index (χ4n) is 1.51. The molecule has 0 aromatic rings. The van der Waals surface area contributed by atoms with E-state index in [9.17, 15) is 18.0 Å². The Morgan fingerprint density at radius 3 is 2.61 bits per heavy atom. The summed E-state index contributed by atoms with van der Waals surface area (Å²) >= 11 is 0. The lowest BCUT2D eigenvalue weighted by Gasteiger charge is -2.33. The molecule has 0 spiro atoms. The highest BCUT2D eigenvalue weighted by Crippen LogP contribution is 2.08. The van der Waals surface area contributed by atoms with E-state index in [2.05, 4.69) is 0 Å². The van der Waals surface area contributed by atoms with Gasteiger partial charge in [-0.1, -0.05) is 0 Å². The van der Waals surface area contributed by atoms with Crippen LogP contribution in [0.4, 0.5) is 0 Å². The third kappa shape index (κ3) is 3.65. The van der Waals surface area contributed by atoms with Gasteiger partial charge in [0.1, 0.15) is 0 Å². The normalized spacial score (nSPS) is 21.1. The molecule has 8 nitrogen and oxygen atoms in total. The Morgan fingerprint density at radius 1 is 1.50 bits per heavy atom. The number of aliphatic carboxylic acids is 1. The molecule has 0 radical (unpaired) electrons. The number of carbonyl (C=O) groups is 2. The SMILES string of the molecule is CN(CC(=O)N1CCOCC1C(=O)O)S(C)(=O)=O. The van der Waals surface area contributed by atoms with Crippen LogP contribution in [-0.2, 0) is 24.3 Å². The molecule has 0 aromatic carbocycles. The second-order valence-electron chi connectivity index (χ2n) is 4.04. The fraction of sp³-hybridized carbons (Fsp3) is 0.778. The second kappa shape index (κ2) is 5.63. The largest absolute Gasteiger partial charge is 0.480 e. The topological polar surface area (TPSA) is 104 Å². The standard InChI is InChI=1S/C9H16N2O6S/c1-10(18(2,15)16)5-8(12)11-3-4-17-6-7(11)9(13)14/h7H,3-6H2,1-2H3,(H,13,14). The predicted molar refractivity (Wildman–Crippen MR) is 61.4 cm³/mol. The molecule has 1 unspecified atom stereocenters. The third-order valence-corrected chi connectivity index (χ3v) is 3.92. The van der Waals surface area contributed by atoms with Crippen molar-refractivity contribution in [2.24, 2.45) is 0 Å². The lowest BCUT2D eigenvalue weighted by Crippen LogP contribution is -2.55. The molecule has 18 heavy (non-hydrogen) atoms. The van der Waals surface area contributed by atoms with E-state index in [1.807, 2.05) is 0 Å². The summed E-state index contributed by atoms with van der Waals surface area (Å²) < 4.78 is 28.2. The van der Waals surface area contributed by atoms with E-state index in [0.717, 1.165) is 15.5 Å². The van der Waals surface area contributed by atoms with Crippen LogP contribution in [0.3, 0.4) is 0 Å². The van der Waals surface area contributed by atoms with Crippen LogP contribution >= 0.6 is 0 Å². The van der Waals surface area contributed by atoms with Gasteiger partial charge in [0.2, 0.25) is 15.9 Å². The van der Waals surface area contributed by atoms with Gasteiger partial charge in [0.25, 0.3) is 0 Å². The molecule has 1 N–H and O–H groups in total. The van der Waals surface area contributed by atoms with Gasteiger partial charge >= 0.3 is 5.97 Å².